The van der Waals surface area contributed by atoms with E-state index in [1.54, 1.807) is 17.4 Å². The number of aryl methyl sites for hydroxylation is 2. The lowest BCUT2D eigenvalue weighted by atomic mass is 10.1. The quantitative estimate of drug-likeness (QED) is 0.296. The topological polar surface area (TPSA) is 79.7 Å². The van der Waals surface area contributed by atoms with E-state index < -0.39 is 24.4 Å². The molecule has 7 nitrogen and oxygen atoms in total. The van der Waals surface area contributed by atoms with Crippen molar-refractivity contribution in [1.82, 2.24) is 14.4 Å². The Kier molecular flexibility index (Phi) is 5.60. The van der Waals surface area contributed by atoms with E-state index in [9.17, 15) is 19.2 Å². The summed E-state index contributed by atoms with van der Waals surface area (Å²) in [5.41, 5.74) is 2.17. The molecule has 1 aliphatic rings. The molecule has 0 unspecified atom stereocenters. The van der Waals surface area contributed by atoms with Gasteiger partial charge in [0.1, 0.15) is 0 Å². The summed E-state index contributed by atoms with van der Waals surface area (Å²) in [6, 6.07) is 5.06. The zero-order valence-corrected chi connectivity index (χ0v) is 16.6. The Bertz CT molecular complexity index is 959. The average molecular weight is 399 g/mol. The van der Waals surface area contributed by atoms with E-state index in [4.69, 9.17) is 0 Å². The van der Waals surface area contributed by atoms with Crippen LogP contribution in [0.15, 0.2) is 36.2 Å². The molecule has 0 bridgehead atoms. The first-order valence-corrected chi connectivity index (χ1v) is 9.73. The van der Waals surface area contributed by atoms with Gasteiger partial charge in [-0.3, -0.25) is 19.3 Å². The number of urea groups is 1. The van der Waals surface area contributed by atoms with Gasteiger partial charge in [-0.25, -0.2) is 9.69 Å². The van der Waals surface area contributed by atoms with Crippen molar-refractivity contribution in [2.24, 2.45) is 0 Å². The van der Waals surface area contributed by atoms with Crippen LogP contribution in [0.3, 0.4) is 0 Å². The molecular weight excluding hydrogens is 378 g/mol. The molecule has 2 aromatic heterocycles. The summed E-state index contributed by atoms with van der Waals surface area (Å²) < 4.78 is 2.05. The Morgan fingerprint density at radius 3 is 2.54 bits per heavy atom. The molecule has 3 heterocycles. The van der Waals surface area contributed by atoms with Crippen molar-refractivity contribution < 1.29 is 19.2 Å². The van der Waals surface area contributed by atoms with Gasteiger partial charge in [0.05, 0.1) is 6.54 Å². The van der Waals surface area contributed by atoms with Gasteiger partial charge in [0.15, 0.2) is 5.78 Å². The molecule has 2 aromatic rings. The zero-order valence-electron chi connectivity index (χ0n) is 15.8. The Labute approximate surface area is 166 Å². The second-order valence-corrected chi connectivity index (χ2v) is 7.60. The Hall–Kier alpha value is -3.00. The Morgan fingerprint density at radius 1 is 1.18 bits per heavy atom. The highest BCUT2D eigenvalue weighted by atomic mass is 32.1. The van der Waals surface area contributed by atoms with Crippen LogP contribution < -0.4 is 0 Å². The van der Waals surface area contributed by atoms with Gasteiger partial charge in [-0.2, -0.15) is 0 Å². The van der Waals surface area contributed by atoms with Crippen LogP contribution in [0.5, 0.6) is 0 Å². The van der Waals surface area contributed by atoms with E-state index in [0.29, 0.717) is 10.5 Å². The number of hydrogen-bond donors (Lipinski definition) is 0. The molecule has 1 saturated heterocycles. The third-order valence-electron chi connectivity index (χ3n) is 4.78. The van der Waals surface area contributed by atoms with Gasteiger partial charge >= 0.3 is 17.8 Å². The number of rotatable bonds is 8. The first kappa shape index (κ1) is 19.8. The minimum Gasteiger partial charge on any atom is -0.348 e. The van der Waals surface area contributed by atoms with Crippen molar-refractivity contribution in [2.45, 2.75) is 26.8 Å². The van der Waals surface area contributed by atoms with Gasteiger partial charge in [-0.15, -0.1) is 17.9 Å². The van der Waals surface area contributed by atoms with Crippen LogP contribution in [0.25, 0.3) is 0 Å². The lowest BCUT2D eigenvalue weighted by molar-refractivity contribution is -0.142. The van der Waals surface area contributed by atoms with Crippen molar-refractivity contribution >= 4 is 35.0 Å². The number of ketones is 1. The molecule has 0 aliphatic carbocycles. The summed E-state index contributed by atoms with van der Waals surface area (Å²) in [7, 11) is 0. The second-order valence-electron chi connectivity index (χ2n) is 6.57. The number of hydrogen-bond acceptors (Lipinski definition) is 5. The SMILES string of the molecule is C=CCN1C(=O)C(=O)N(CC(=O)c2cc(C)n(CCc3cccs3)c2C)C1=O. The molecule has 4 amide bonds. The molecule has 28 heavy (non-hydrogen) atoms. The van der Waals surface area contributed by atoms with Gasteiger partial charge in [-0.05, 0) is 37.8 Å². The summed E-state index contributed by atoms with van der Waals surface area (Å²) in [5, 5.41) is 2.03. The Morgan fingerprint density at radius 2 is 1.89 bits per heavy atom. The molecule has 0 N–H and O–H groups in total. The van der Waals surface area contributed by atoms with Crippen LogP contribution in [0, 0.1) is 13.8 Å². The predicted octanol–water partition coefficient (Wildman–Crippen LogP) is 2.57. The van der Waals surface area contributed by atoms with Gasteiger partial charge in [-0.1, -0.05) is 12.1 Å². The maximum atomic E-state index is 12.8. The maximum Gasteiger partial charge on any atom is 0.334 e. The molecule has 0 radical (unpaired) electrons. The highest BCUT2D eigenvalue weighted by Crippen LogP contribution is 2.20. The van der Waals surface area contributed by atoms with E-state index in [2.05, 4.69) is 17.2 Å². The third-order valence-corrected chi connectivity index (χ3v) is 5.72. The number of thiophene rings is 1. The van der Waals surface area contributed by atoms with E-state index in [1.165, 1.54) is 11.0 Å². The van der Waals surface area contributed by atoms with E-state index in [1.807, 2.05) is 25.3 Å². The average Bonchev–Trinajstić information content (AvgIpc) is 3.33. The zero-order chi connectivity index (χ0) is 20.4. The number of Topliss-reactive ketones (excluding diaryl/α,β-unsaturated/α-hetero) is 1. The van der Waals surface area contributed by atoms with E-state index in [-0.39, 0.29) is 12.3 Å². The second kappa shape index (κ2) is 7.93. The molecule has 1 fully saturated rings. The molecule has 0 atom stereocenters. The van der Waals surface area contributed by atoms with Crippen LogP contribution in [-0.2, 0) is 22.6 Å². The molecule has 146 valence electrons. The number of aromatic nitrogens is 1. The van der Waals surface area contributed by atoms with Crippen molar-refractivity contribution in [3.05, 3.63) is 58.1 Å². The molecule has 8 heteroatoms. The van der Waals surface area contributed by atoms with Crippen molar-refractivity contribution in [3.8, 4) is 0 Å². The van der Waals surface area contributed by atoms with Crippen molar-refractivity contribution in [2.75, 3.05) is 13.1 Å². The molecule has 1 aliphatic heterocycles. The number of carbonyl (C=O) groups excluding carboxylic acids is 4. The standard InChI is InChI=1S/C20H21N3O4S/c1-4-8-22-18(25)19(26)23(20(22)27)12-17(24)16-11-13(2)21(14(16)3)9-7-15-6-5-10-28-15/h4-6,10-11H,1,7-9,12H2,2-3H3. The summed E-state index contributed by atoms with van der Waals surface area (Å²) in [6.07, 6.45) is 2.21. The fourth-order valence-corrected chi connectivity index (χ4v) is 4.01. The summed E-state index contributed by atoms with van der Waals surface area (Å²) in [6.45, 7) is 7.45. The fraction of sp³-hybridized carbons (Fsp3) is 0.300. The first-order valence-electron chi connectivity index (χ1n) is 8.85. The molecule has 3 rings (SSSR count). The number of nitrogens with zero attached hydrogens (tertiary/aromatic N) is 3. The van der Waals surface area contributed by atoms with Crippen LogP contribution in [0.1, 0.15) is 26.6 Å². The molecule has 0 spiro atoms. The first-order chi connectivity index (χ1) is 13.3. The van der Waals surface area contributed by atoms with Crippen LogP contribution >= 0.6 is 11.3 Å². The summed E-state index contributed by atoms with van der Waals surface area (Å²) in [5.74, 6) is -2.28. The highest BCUT2D eigenvalue weighted by Gasteiger charge is 2.44. The van der Waals surface area contributed by atoms with Gasteiger partial charge in [0.25, 0.3) is 0 Å². The summed E-state index contributed by atoms with van der Waals surface area (Å²) in [4.78, 5) is 51.8. The van der Waals surface area contributed by atoms with Crippen LogP contribution in [0.4, 0.5) is 4.79 Å². The summed E-state index contributed by atoms with van der Waals surface area (Å²) >= 11 is 1.69. The van der Waals surface area contributed by atoms with E-state index in [0.717, 1.165) is 29.3 Å². The number of amides is 4. The highest BCUT2D eigenvalue weighted by molar-refractivity contribution is 7.09. The fourth-order valence-electron chi connectivity index (χ4n) is 3.31. The van der Waals surface area contributed by atoms with Gasteiger partial charge in [0, 0.05) is 34.9 Å². The smallest absolute Gasteiger partial charge is 0.334 e. The largest absolute Gasteiger partial charge is 0.348 e. The van der Waals surface area contributed by atoms with Gasteiger partial charge < -0.3 is 4.57 Å². The van der Waals surface area contributed by atoms with E-state index >= 15 is 0 Å². The molecular formula is C20H21N3O4S. The maximum absolute atomic E-state index is 12.8. The number of imide groups is 2. The molecule has 0 aromatic carbocycles. The Balaban J connectivity index is 1.75. The lowest BCUT2D eigenvalue weighted by Gasteiger charge is -2.14. The van der Waals surface area contributed by atoms with Gasteiger partial charge in [0.2, 0.25) is 0 Å². The number of carbonyl (C=O) groups is 4. The minimum absolute atomic E-state index is 0.0642. The minimum atomic E-state index is -0.980. The normalized spacial score (nSPS) is 14.3. The monoisotopic (exact) mass is 399 g/mol. The predicted molar refractivity (Wildman–Crippen MR) is 105 cm³/mol. The van der Waals surface area contributed by atoms with Crippen LogP contribution in [0.2, 0.25) is 0 Å². The van der Waals surface area contributed by atoms with Crippen molar-refractivity contribution in [1.29, 1.82) is 0 Å². The van der Waals surface area contributed by atoms with Crippen molar-refractivity contribution in [3.63, 3.8) is 0 Å². The molecule has 0 saturated carbocycles. The lowest BCUT2D eigenvalue weighted by Crippen LogP contribution is -2.37. The van der Waals surface area contributed by atoms with Crippen LogP contribution in [-0.4, -0.2) is 51.1 Å². The third kappa shape index (κ3) is 3.55.